The highest BCUT2D eigenvalue weighted by Crippen LogP contribution is 2.18. The number of amides is 2. The molecule has 0 spiro atoms. The van der Waals surface area contributed by atoms with Crippen molar-refractivity contribution < 1.29 is 4.79 Å². The Bertz CT molecular complexity index is 522. The zero-order chi connectivity index (χ0) is 14.7. The lowest BCUT2D eigenvalue weighted by Gasteiger charge is -2.27. The van der Waals surface area contributed by atoms with Crippen LogP contribution >= 0.6 is 0 Å². The van der Waals surface area contributed by atoms with Crippen LogP contribution in [0, 0.1) is 19.8 Å². The second kappa shape index (κ2) is 6.07. The highest BCUT2D eigenvalue weighted by Gasteiger charge is 2.26. The molecule has 0 radical (unpaired) electrons. The molecule has 0 aromatic carbocycles. The molecule has 2 amide bonds. The number of aromatic nitrogens is 1. The van der Waals surface area contributed by atoms with Crippen molar-refractivity contribution in [1.29, 1.82) is 0 Å². The van der Waals surface area contributed by atoms with Crippen LogP contribution in [0.3, 0.4) is 0 Å². The fraction of sp³-hybridized carbons (Fsp3) is 0.500. The number of nitrogens with zero attached hydrogens (tertiary/aromatic N) is 2. The lowest BCUT2D eigenvalue weighted by atomic mass is 10.1. The van der Waals surface area contributed by atoms with Crippen LogP contribution in [0.15, 0.2) is 24.4 Å². The van der Waals surface area contributed by atoms with E-state index in [0.29, 0.717) is 19.0 Å². The van der Waals surface area contributed by atoms with Crippen molar-refractivity contribution >= 4 is 6.03 Å². The number of hydrogen-bond acceptors (Lipinski definition) is 2. The van der Waals surface area contributed by atoms with E-state index in [1.54, 1.807) is 0 Å². The Balaban J connectivity index is 1.95. The number of nitrogens with one attached hydrogen (secondary N) is 1. The van der Waals surface area contributed by atoms with Gasteiger partial charge in [0.2, 0.25) is 0 Å². The second-order valence-electron chi connectivity index (χ2n) is 5.73. The van der Waals surface area contributed by atoms with Gasteiger partial charge in [0.25, 0.3) is 0 Å². The van der Waals surface area contributed by atoms with Crippen molar-refractivity contribution in [3.63, 3.8) is 0 Å². The van der Waals surface area contributed by atoms with E-state index in [-0.39, 0.29) is 12.1 Å². The molecule has 1 aromatic rings. The van der Waals surface area contributed by atoms with Gasteiger partial charge in [-0.25, -0.2) is 4.79 Å². The van der Waals surface area contributed by atoms with Gasteiger partial charge in [0, 0.05) is 25.0 Å². The van der Waals surface area contributed by atoms with Gasteiger partial charge >= 0.3 is 6.03 Å². The minimum absolute atomic E-state index is 0.00586. The molecule has 1 N–H and O–H groups in total. The fourth-order valence-electron chi connectivity index (χ4n) is 2.52. The zero-order valence-electron chi connectivity index (χ0n) is 12.7. The minimum atomic E-state index is -0.00586. The van der Waals surface area contributed by atoms with Crippen molar-refractivity contribution in [2.24, 2.45) is 5.92 Å². The SMILES string of the molecule is Cc1cc(C)c(CNC(=O)N2CC=CC2C(C)C)cn1. The topological polar surface area (TPSA) is 45.2 Å². The summed E-state index contributed by atoms with van der Waals surface area (Å²) in [5.74, 6) is 0.433. The third kappa shape index (κ3) is 3.18. The highest BCUT2D eigenvalue weighted by atomic mass is 16.2. The first-order valence-electron chi connectivity index (χ1n) is 7.12. The average molecular weight is 273 g/mol. The first-order valence-corrected chi connectivity index (χ1v) is 7.12. The summed E-state index contributed by atoms with van der Waals surface area (Å²) in [7, 11) is 0. The third-order valence-corrected chi connectivity index (χ3v) is 3.73. The summed E-state index contributed by atoms with van der Waals surface area (Å²) in [5, 5.41) is 2.99. The monoisotopic (exact) mass is 273 g/mol. The summed E-state index contributed by atoms with van der Waals surface area (Å²) < 4.78 is 0. The second-order valence-corrected chi connectivity index (χ2v) is 5.73. The molecule has 1 aliphatic rings. The van der Waals surface area contributed by atoms with E-state index in [9.17, 15) is 4.79 Å². The predicted octanol–water partition coefficient (Wildman–Crippen LogP) is 2.80. The van der Waals surface area contributed by atoms with E-state index in [1.165, 1.54) is 0 Å². The maximum Gasteiger partial charge on any atom is 0.318 e. The molecule has 0 bridgehead atoms. The molecule has 0 saturated heterocycles. The molecule has 0 aliphatic carbocycles. The first kappa shape index (κ1) is 14.6. The lowest BCUT2D eigenvalue weighted by Crippen LogP contribution is -2.44. The number of carbonyl (C=O) groups is 1. The molecule has 1 aliphatic heterocycles. The Labute approximate surface area is 120 Å². The van der Waals surface area contributed by atoms with Crippen LogP contribution in [-0.2, 0) is 6.54 Å². The zero-order valence-corrected chi connectivity index (χ0v) is 12.7. The normalized spacial score (nSPS) is 17.9. The van der Waals surface area contributed by atoms with Gasteiger partial charge in [0.05, 0.1) is 6.04 Å². The maximum absolute atomic E-state index is 12.3. The van der Waals surface area contributed by atoms with Gasteiger partial charge in [0.1, 0.15) is 0 Å². The summed E-state index contributed by atoms with van der Waals surface area (Å²) in [4.78, 5) is 18.4. The summed E-state index contributed by atoms with van der Waals surface area (Å²) >= 11 is 0. The maximum atomic E-state index is 12.3. The Hall–Kier alpha value is -1.84. The molecule has 1 atom stereocenters. The van der Waals surface area contributed by atoms with Crippen molar-refractivity contribution in [3.05, 3.63) is 41.2 Å². The van der Waals surface area contributed by atoms with Gasteiger partial charge in [-0.3, -0.25) is 4.98 Å². The molecule has 108 valence electrons. The third-order valence-electron chi connectivity index (χ3n) is 3.73. The Morgan fingerprint density at radius 2 is 2.25 bits per heavy atom. The van der Waals surface area contributed by atoms with E-state index < -0.39 is 0 Å². The molecule has 1 unspecified atom stereocenters. The van der Waals surface area contributed by atoms with Gasteiger partial charge in [-0.15, -0.1) is 0 Å². The molecular formula is C16H23N3O. The van der Waals surface area contributed by atoms with Crippen molar-refractivity contribution in [2.75, 3.05) is 6.54 Å². The minimum Gasteiger partial charge on any atom is -0.334 e. The van der Waals surface area contributed by atoms with Crippen LogP contribution in [-0.4, -0.2) is 28.5 Å². The van der Waals surface area contributed by atoms with Crippen LogP contribution in [0.5, 0.6) is 0 Å². The number of hydrogen-bond donors (Lipinski definition) is 1. The van der Waals surface area contributed by atoms with E-state index in [4.69, 9.17) is 0 Å². The number of pyridine rings is 1. The van der Waals surface area contributed by atoms with Gasteiger partial charge < -0.3 is 10.2 Å². The first-order chi connectivity index (χ1) is 9.49. The Morgan fingerprint density at radius 3 is 2.90 bits per heavy atom. The summed E-state index contributed by atoms with van der Waals surface area (Å²) in [6, 6.07) is 2.23. The van der Waals surface area contributed by atoms with Gasteiger partial charge in [-0.2, -0.15) is 0 Å². The molecule has 0 saturated carbocycles. The number of carbonyl (C=O) groups excluding carboxylic acids is 1. The van der Waals surface area contributed by atoms with E-state index in [1.807, 2.05) is 31.0 Å². The van der Waals surface area contributed by atoms with Gasteiger partial charge in [0.15, 0.2) is 0 Å². The fourth-order valence-corrected chi connectivity index (χ4v) is 2.52. The predicted molar refractivity (Wildman–Crippen MR) is 80.4 cm³/mol. The van der Waals surface area contributed by atoms with Crippen LogP contribution in [0.2, 0.25) is 0 Å². The smallest absolute Gasteiger partial charge is 0.318 e. The van der Waals surface area contributed by atoms with Gasteiger partial charge in [-0.1, -0.05) is 26.0 Å². The summed E-state index contributed by atoms with van der Waals surface area (Å²) in [6.07, 6.45) is 6.01. The molecule has 4 nitrogen and oxygen atoms in total. The Morgan fingerprint density at radius 1 is 1.50 bits per heavy atom. The van der Waals surface area contributed by atoms with Gasteiger partial charge in [-0.05, 0) is 37.0 Å². The molecule has 20 heavy (non-hydrogen) atoms. The molecule has 4 heteroatoms. The quantitative estimate of drug-likeness (QED) is 0.861. The van der Waals surface area contributed by atoms with Crippen molar-refractivity contribution in [3.8, 4) is 0 Å². The largest absolute Gasteiger partial charge is 0.334 e. The van der Waals surface area contributed by atoms with Crippen LogP contribution < -0.4 is 5.32 Å². The number of aryl methyl sites for hydroxylation is 2. The molecule has 0 fully saturated rings. The van der Waals surface area contributed by atoms with E-state index in [2.05, 4.69) is 36.3 Å². The van der Waals surface area contributed by atoms with E-state index >= 15 is 0 Å². The van der Waals surface area contributed by atoms with Crippen molar-refractivity contribution in [1.82, 2.24) is 15.2 Å². The van der Waals surface area contributed by atoms with Crippen LogP contribution in [0.4, 0.5) is 4.79 Å². The van der Waals surface area contributed by atoms with Crippen LogP contribution in [0.1, 0.15) is 30.7 Å². The molecule has 1 aromatic heterocycles. The molecule has 2 heterocycles. The standard InChI is InChI=1S/C16H23N3O/c1-11(2)15-6-5-7-19(15)16(20)18-10-14-9-17-13(4)8-12(14)3/h5-6,8-9,11,15H,7,10H2,1-4H3,(H,18,20). The summed E-state index contributed by atoms with van der Waals surface area (Å²) in [6.45, 7) is 9.51. The average Bonchev–Trinajstić information content (AvgIpc) is 2.86. The molecular weight excluding hydrogens is 250 g/mol. The summed E-state index contributed by atoms with van der Waals surface area (Å²) in [5.41, 5.74) is 3.23. The highest BCUT2D eigenvalue weighted by molar-refractivity contribution is 5.75. The Kier molecular flexibility index (Phi) is 4.42. The number of urea groups is 1. The van der Waals surface area contributed by atoms with E-state index in [0.717, 1.165) is 16.8 Å². The van der Waals surface area contributed by atoms with Crippen LogP contribution in [0.25, 0.3) is 0 Å². The lowest BCUT2D eigenvalue weighted by molar-refractivity contribution is 0.185. The molecule has 2 rings (SSSR count). The number of rotatable bonds is 3. The van der Waals surface area contributed by atoms with Crippen molar-refractivity contribution in [2.45, 2.75) is 40.3 Å².